The highest BCUT2D eigenvalue weighted by molar-refractivity contribution is 5.84. The van der Waals surface area contributed by atoms with Crippen molar-refractivity contribution in [3.8, 4) is 0 Å². The number of hydrogen-bond donors (Lipinski definition) is 2. The number of carbonyl (C=O) groups is 2. The monoisotopic (exact) mass is 431 g/mol. The Kier molecular flexibility index (Phi) is 8.46. The molecule has 7 nitrogen and oxygen atoms in total. The molecule has 2 aliphatic heterocycles. The minimum atomic E-state index is -0.476. The molecule has 7 heteroatoms. The van der Waals surface area contributed by atoms with Crippen LogP contribution in [-0.2, 0) is 21.0 Å². The molecule has 2 N–H and O–H groups in total. The van der Waals surface area contributed by atoms with E-state index in [1.807, 2.05) is 51.1 Å². The van der Waals surface area contributed by atoms with Gasteiger partial charge >= 0.3 is 6.09 Å². The second kappa shape index (κ2) is 11.1. The van der Waals surface area contributed by atoms with E-state index in [4.69, 9.17) is 9.57 Å². The molecule has 31 heavy (non-hydrogen) atoms. The fourth-order valence-corrected chi connectivity index (χ4v) is 4.12. The molecule has 2 saturated heterocycles. The molecule has 2 heterocycles. The van der Waals surface area contributed by atoms with Gasteiger partial charge in [-0.2, -0.15) is 5.48 Å². The second-order valence-corrected chi connectivity index (χ2v) is 9.71. The molecule has 1 unspecified atom stereocenters. The first-order valence-electron chi connectivity index (χ1n) is 11.5. The zero-order valence-electron chi connectivity index (χ0n) is 19.1. The van der Waals surface area contributed by atoms with Crippen LogP contribution in [0.3, 0.4) is 0 Å². The van der Waals surface area contributed by atoms with Gasteiger partial charge in [0.2, 0.25) is 0 Å². The minimum Gasteiger partial charge on any atom is -0.444 e. The molecule has 2 fully saturated rings. The standard InChI is InChI=1S/C24H37N3O4/c1-24(2,3)31-23(29)27-13-11-18(12-14-27)15-22(28)21-10-9-20(16-25-21)26-30-17-19-7-5-4-6-8-19/h4-8,18,20-21,25-26H,9-17H2,1-3H3/t20-,21?/m1/s1. The maximum Gasteiger partial charge on any atom is 0.410 e. The maximum atomic E-state index is 12.8. The Labute approximate surface area is 185 Å². The highest BCUT2D eigenvalue weighted by atomic mass is 16.6. The zero-order chi connectivity index (χ0) is 22.3. The SMILES string of the molecule is CC(C)(C)OC(=O)N1CCC(CC(=O)C2CC[C@@H](NOCc3ccccc3)CN2)CC1. The average molecular weight is 432 g/mol. The number of ether oxygens (including phenoxy) is 1. The molecule has 0 radical (unpaired) electrons. The zero-order valence-corrected chi connectivity index (χ0v) is 19.1. The lowest BCUT2D eigenvalue weighted by Gasteiger charge is -2.34. The molecule has 3 rings (SSSR count). The van der Waals surface area contributed by atoms with Crippen molar-refractivity contribution >= 4 is 11.9 Å². The first kappa shape index (κ1) is 23.7. The summed E-state index contributed by atoms with van der Waals surface area (Å²) in [7, 11) is 0. The molecular weight excluding hydrogens is 394 g/mol. The number of benzene rings is 1. The molecule has 1 aromatic carbocycles. The minimum absolute atomic E-state index is 0.0731. The van der Waals surface area contributed by atoms with E-state index in [0.717, 1.165) is 37.8 Å². The number of piperidine rings is 2. The lowest BCUT2D eigenvalue weighted by atomic mass is 9.87. The molecule has 172 valence electrons. The lowest BCUT2D eigenvalue weighted by molar-refractivity contribution is -0.123. The summed E-state index contributed by atoms with van der Waals surface area (Å²) < 4.78 is 5.45. The molecule has 1 amide bonds. The van der Waals surface area contributed by atoms with Crippen molar-refractivity contribution in [1.29, 1.82) is 0 Å². The van der Waals surface area contributed by atoms with E-state index >= 15 is 0 Å². The Morgan fingerprint density at radius 3 is 2.42 bits per heavy atom. The number of hydroxylamine groups is 1. The molecule has 0 spiro atoms. The summed E-state index contributed by atoms with van der Waals surface area (Å²) in [5.41, 5.74) is 3.77. The summed E-state index contributed by atoms with van der Waals surface area (Å²) in [6.07, 6.45) is 3.78. The van der Waals surface area contributed by atoms with E-state index in [-0.39, 0.29) is 18.2 Å². The third-order valence-corrected chi connectivity index (χ3v) is 5.89. The Balaban J connectivity index is 1.31. The third kappa shape index (κ3) is 7.91. The fraction of sp³-hybridized carbons (Fsp3) is 0.667. The average Bonchev–Trinajstić information content (AvgIpc) is 2.74. The summed E-state index contributed by atoms with van der Waals surface area (Å²) in [6.45, 7) is 8.21. The van der Waals surface area contributed by atoms with E-state index in [9.17, 15) is 9.59 Å². The van der Waals surface area contributed by atoms with Crippen molar-refractivity contribution in [3.05, 3.63) is 35.9 Å². The second-order valence-electron chi connectivity index (χ2n) is 9.71. The van der Waals surface area contributed by atoms with E-state index < -0.39 is 5.60 Å². The van der Waals surface area contributed by atoms with Crippen LogP contribution in [0.5, 0.6) is 0 Å². The van der Waals surface area contributed by atoms with Crippen LogP contribution in [0, 0.1) is 5.92 Å². The van der Waals surface area contributed by atoms with Crippen molar-refractivity contribution in [3.63, 3.8) is 0 Å². The first-order valence-corrected chi connectivity index (χ1v) is 11.5. The van der Waals surface area contributed by atoms with E-state index in [1.54, 1.807) is 4.90 Å². The number of amides is 1. The topological polar surface area (TPSA) is 79.9 Å². The Hall–Kier alpha value is -1.96. The van der Waals surface area contributed by atoms with Gasteiger partial charge in [0.05, 0.1) is 12.6 Å². The van der Waals surface area contributed by atoms with Crippen molar-refractivity contribution < 1.29 is 19.2 Å². The highest BCUT2D eigenvalue weighted by Crippen LogP contribution is 2.24. The summed E-state index contributed by atoms with van der Waals surface area (Å²) in [5, 5.41) is 3.38. The van der Waals surface area contributed by atoms with Gasteiger partial charge in [-0.15, -0.1) is 0 Å². The number of nitrogens with one attached hydrogen (secondary N) is 2. The number of hydrogen-bond acceptors (Lipinski definition) is 6. The number of likely N-dealkylation sites (tertiary alicyclic amines) is 1. The van der Waals surface area contributed by atoms with Crippen LogP contribution in [0.15, 0.2) is 30.3 Å². The van der Waals surface area contributed by atoms with E-state index in [0.29, 0.717) is 37.8 Å². The van der Waals surface area contributed by atoms with Gasteiger partial charge < -0.3 is 15.0 Å². The molecule has 0 saturated carbocycles. The molecule has 2 atom stereocenters. The van der Waals surface area contributed by atoms with Crippen LogP contribution in [-0.4, -0.2) is 54.1 Å². The molecule has 2 aliphatic rings. The molecular formula is C24H37N3O4. The fourth-order valence-electron chi connectivity index (χ4n) is 4.12. The van der Waals surface area contributed by atoms with Gasteiger partial charge in [0.25, 0.3) is 0 Å². The van der Waals surface area contributed by atoms with Gasteiger partial charge in [0.15, 0.2) is 0 Å². The summed E-state index contributed by atoms with van der Waals surface area (Å²) in [4.78, 5) is 32.3. The Bertz CT molecular complexity index is 703. The van der Waals surface area contributed by atoms with Crippen molar-refractivity contribution in [1.82, 2.24) is 15.7 Å². The lowest BCUT2D eigenvalue weighted by Crippen LogP contribution is -2.51. The first-order chi connectivity index (χ1) is 14.8. The van der Waals surface area contributed by atoms with Crippen molar-refractivity contribution in [2.75, 3.05) is 19.6 Å². The number of rotatable bonds is 7. The molecule has 0 aliphatic carbocycles. The summed E-state index contributed by atoms with van der Waals surface area (Å²) in [6, 6.07) is 10.2. The Morgan fingerprint density at radius 2 is 1.81 bits per heavy atom. The number of ketones is 1. The Morgan fingerprint density at radius 1 is 1.10 bits per heavy atom. The van der Waals surface area contributed by atoms with Crippen LogP contribution >= 0.6 is 0 Å². The normalized spacial score (nSPS) is 22.9. The van der Waals surface area contributed by atoms with Crippen molar-refractivity contribution in [2.45, 2.75) is 77.2 Å². The number of Topliss-reactive ketones (excluding diaryl/α,β-unsaturated/α-hetero) is 1. The van der Waals surface area contributed by atoms with E-state index in [1.165, 1.54) is 0 Å². The smallest absolute Gasteiger partial charge is 0.410 e. The third-order valence-electron chi connectivity index (χ3n) is 5.89. The largest absolute Gasteiger partial charge is 0.444 e. The summed E-state index contributed by atoms with van der Waals surface area (Å²) >= 11 is 0. The maximum absolute atomic E-state index is 12.8. The van der Waals surface area contributed by atoms with Crippen LogP contribution in [0.4, 0.5) is 4.79 Å². The predicted molar refractivity (Wildman–Crippen MR) is 119 cm³/mol. The quantitative estimate of drug-likeness (QED) is 0.644. The van der Waals surface area contributed by atoms with Crippen molar-refractivity contribution in [2.24, 2.45) is 5.92 Å². The van der Waals surface area contributed by atoms with Gasteiger partial charge in [-0.25, -0.2) is 4.79 Å². The van der Waals surface area contributed by atoms with E-state index in [2.05, 4.69) is 10.8 Å². The van der Waals surface area contributed by atoms with Crippen LogP contribution < -0.4 is 10.8 Å². The van der Waals surface area contributed by atoms with Gasteiger partial charge in [-0.3, -0.25) is 9.63 Å². The molecule has 0 bridgehead atoms. The summed E-state index contributed by atoms with van der Waals surface area (Å²) in [5.74, 6) is 0.636. The van der Waals surface area contributed by atoms with Crippen LogP contribution in [0.1, 0.15) is 58.4 Å². The number of carbonyl (C=O) groups excluding carboxylic acids is 2. The molecule has 0 aromatic heterocycles. The van der Waals surface area contributed by atoms with Gasteiger partial charge in [0, 0.05) is 32.1 Å². The van der Waals surface area contributed by atoms with Crippen LogP contribution in [0.25, 0.3) is 0 Å². The predicted octanol–water partition coefficient (Wildman–Crippen LogP) is 3.43. The molecule has 1 aromatic rings. The van der Waals surface area contributed by atoms with Crippen LogP contribution in [0.2, 0.25) is 0 Å². The van der Waals surface area contributed by atoms with Gasteiger partial charge in [-0.05, 0) is 57.9 Å². The van der Waals surface area contributed by atoms with Gasteiger partial charge in [-0.1, -0.05) is 30.3 Å². The highest BCUT2D eigenvalue weighted by Gasteiger charge is 2.31. The van der Waals surface area contributed by atoms with Gasteiger partial charge in [0.1, 0.15) is 11.4 Å². The number of nitrogens with zero attached hydrogens (tertiary/aromatic N) is 1.